The second-order valence-electron chi connectivity index (χ2n) is 7.10. The Morgan fingerprint density at radius 1 is 1.06 bits per heavy atom. The molecule has 9 heteroatoms. The summed E-state index contributed by atoms with van der Waals surface area (Å²) in [6, 6.07) is 15.9. The normalized spacial score (nSPS) is 11.0. The van der Waals surface area contributed by atoms with Gasteiger partial charge in [0.25, 0.3) is 5.56 Å². The average Bonchev–Trinajstić information content (AvgIpc) is 3.38. The molecule has 0 atom stereocenters. The highest BCUT2D eigenvalue weighted by atomic mass is 35.5. The van der Waals surface area contributed by atoms with E-state index in [1.165, 1.54) is 17.0 Å². The highest BCUT2D eigenvalue weighted by Gasteiger charge is 2.10. The molecule has 0 fully saturated rings. The molecule has 1 N–H and O–H groups in total. The predicted molar refractivity (Wildman–Crippen MR) is 126 cm³/mol. The maximum absolute atomic E-state index is 12.5. The van der Waals surface area contributed by atoms with Gasteiger partial charge in [-0.15, -0.1) is 11.3 Å². The number of rotatable bonds is 5. The van der Waals surface area contributed by atoms with Gasteiger partial charge in [0.1, 0.15) is 6.54 Å². The van der Waals surface area contributed by atoms with Crippen molar-refractivity contribution in [1.82, 2.24) is 18.9 Å². The summed E-state index contributed by atoms with van der Waals surface area (Å²) >= 11 is 7.46. The highest BCUT2D eigenvalue weighted by Crippen LogP contribution is 2.24. The lowest BCUT2D eigenvalue weighted by atomic mass is 10.1. The van der Waals surface area contributed by atoms with Crippen LogP contribution in [0.5, 0.6) is 0 Å². The van der Waals surface area contributed by atoms with E-state index in [9.17, 15) is 9.59 Å². The molecular weight excluding hydrogens is 446 g/mol. The number of nitrogens with zero attached hydrogens (tertiary/aromatic N) is 4. The van der Waals surface area contributed by atoms with Crippen LogP contribution in [-0.2, 0) is 11.3 Å². The Morgan fingerprint density at radius 3 is 2.69 bits per heavy atom. The first-order chi connectivity index (χ1) is 15.5. The molecule has 0 bridgehead atoms. The molecule has 3 aromatic heterocycles. The van der Waals surface area contributed by atoms with Crippen LogP contribution < -0.4 is 10.9 Å². The van der Waals surface area contributed by atoms with Crippen LogP contribution >= 0.6 is 22.9 Å². The zero-order valence-electron chi connectivity index (χ0n) is 16.6. The van der Waals surface area contributed by atoms with Crippen molar-refractivity contribution in [1.29, 1.82) is 0 Å². The van der Waals surface area contributed by atoms with Gasteiger partial charge in [-0.25, -0.2) is 9.97 Å². The van der Waals surface area contributed by atoms with Crippen LogP contribution in [0.2, 0.25) is 5.02 Å². The zero-order valence-corrected chi connectivity index (χ0v) is 18.2. The first-order valence-corrected chi connectivity index (χ1v) is 11.0. The molecule has 5 aromatic rings. The summed E-state index contributed by atoms with van der Waals surface area (Å²) in [5.74, 6) is -0.323. The largest absolute Gasteiger partial charge is 0.325 e. The number of imidazole rings is 1. The molecule has 3 heterocycles. The highest BCUT2D eigenvalue weighted by molar-refractivity contribution is 7.15. The van der Waals surface area contributed by atoms with Crippen molar-refractivity contribution in [2.45, 2.75) is 6.54 Å². The summed E-state index contributed by atoms with van der Waals surface area (Å²) in [7, 11) is 0. The van der Waals surface area contributed by atoms with E-state index in [1.807, 2.05) is 40.4 Å². The number of carbonyl (C=O) groups is 1. The molecule has 0 saturated carbocycles. The number of anilines is 1. The van der Waals surface area contributed by atoms with Crippen LogP contribution in [0.15, 0.2) is 83.5 Å². The second kappa shape index (κ2) is 8.41. The number of halogens is 1. The lowest BCUT2D eigenvalue weighted by Crippen LogP contribution is -2.27. The fourth-order valence-corrected chi connectivity index (χ4v) is 4.13. The van der Waals surface area contributed by atoms with E-state index in [0.29, 0.717) is 16.4 Å². The maximum Gasteiger partial charge on any atom is 0.254 e. The van der Waals surface area contributed by atoms with Crippen LogP contribution in [0.25, 0.3) is 27.5 Å². The number of benzene rings is 2. The van der Waals surface area contributed by atoms with Gasteiger partial charge in [-0.1, -0.05) is 35.9 Å². The van der Waals surface area contributed by atoms with Crippen molar-refractivity contribution >= 4 is 39.5 Å². The molecule has 0 saturated heterocycles. The number of thiazole rings is 1. The summed E-state index contributed by atoms with van der Waals surface area (Å²) in [5.41, 5.74) is 3.33. The van der Waals surface area contributed by atoms with Gasteiger partial charge >= 0.3 is 0 Å². The molecule has 0 aliphatic rings. The molecule has 2 aromatic carbocycles. The SMILES string of the molecule is O=C(Cn1cnc(-c2ccc(Cl)cc2)cc1=O)Nc1cccc(-c2cn3ccsc3n2)c1. The zero-order chi connectivity index (χ0) is 22.1. The van der Waals surface area contributed by atoms with Crippen LogP contribution in [0, 0.1) is 0 Å². The molecule has 0 aliphatic heterocycles. The van der Waals surface area contributed by atoms with Crippen LogP contribution in [-0.4, -0.2) is 24.8 Å². The van der Waals surface area contributed by atoms with Gasteiger partial charge in [0, 0.05) is 45.7 Å². The van der Waals surface area contributed by atoms with Gasteiger partial charge in [-0.2, -0.15) is 0 Å². The molecule has 7 nitrogen and oxygen atoms in total. The van der Waals surface area contributed by atoms with Crippen LogP contribution in [0.1, 0.15) is 0 Å². The Bertz CT molecular complexity index is 1460. The number of hydrogen-bond donors (Lipinski definition) is 1. The molecule has 0 unspecified atom stereocenters. The second-order valence-corrected chi connectivity index (χ2v) is 8.40. The number of carbonyl (C=O) groups excluding carboxylic acids is 1. The number of fused-ring (bicyclic) bond motifs is 1. The van der Waals surface area contributed by atoms with Crippen molar-refractivity contribution in [2.24, 2.45) is 0 Å². The fourth-order valence-electron chi connectivity index (χ4n) is 3.30. The number of aromatic nitrogens is 4. The Labute approximate surface area is 191 Å². The van der Waals surface area contributed by atoms with Crippen molar-refractivity contribution in [3.63, 3.8) is 0 Å². The molecule has 1 amide bonds. The van der Waals surface area contributed by atoms with E-state index in [2.05, 4.69) is 15.3 Å². The Hall–Kier alpha value is -3.75. The van der Waals surface area contributed by atoms with Crippen LogP contribution in [0.3, 0.4) is 0 Å². The summed E-state index contributed by atoms with van der Waals surface area (Å²) < 4.78 is 3.22. The Balaban J connectivity index is 1.30. The predicted octanol–water partition coefficient (Wildman–Crippen LogP) is 4.58. The third-order valence-electron chi connectivity index (χ3n) is 4.87. The van der Waals surface area contributed by atoms with Gasteiger partial charge in [0.2, 0.25) is 5.91 Å². The van der Waals surface area contributed by atoms with Crippen molar-refractivity contribution in [3.8, 4) is 22.5 Å². The number of hydrogen-bond acceptors (Lipinski definition) is 5. The van der Waals surface area contributed by atoms with E-state index in [-0.39, 0.29) is 18.0 Å². The van der Waals surface area contributed by atoms with Gasteiger partial charge in [-0.3, -0.25) is 18.6 Å². The Morgan fingerprint density at radius 2 is 1.91 bits per heavy atom. The maximum atomic E-state index is 12.5. The minimum atomic E-state index is -0.323. The minimum absolute atomic E-state index is 0.142. The standard InChI is InChI=1S/C23H16ClN5O2S/c24-17-6-4-15(5-7-17)19-11-22(31)29(14-25-19)13-21(30)26-18-3-1-2-16(10-18)20-12-28-8-9-32-23(28)27-20/h1-12,14H,13H2,(H,26,30). The topological polar surface area (TPSA) is 81.3 Å². The number of amides is 1. The molecule has 0 spiro atoms. The molecule has 0 radical (unpaired) electrons. The molecule has 32 heavy (non-hydrogen) atoms. The van der Waals surface area contributed by atoms with Crippen molar-refractivity contribution in [2.75, 3.05) is 5.32 Å². The quantitative estimate of drug-likeness (QED) is 0.415. The van der Waals surface area contributed by atoms with Gasteiger partial charge in [0.15, 0.2) is 4.96 Å². The van der Waals surface area contributed by atoms with E-state index in [4.69, 9.17) is 11.6 Å². The monoisotopic (exact) mass is 461 g/mol. The fraction of sp³-hybridized carbons (Fsp3) is 0.0435. The third-order valence-corrected chi connectivity index (χ3v) is 5.89. The van der Waals surface area contributed by atoms with Crippen LogP contribution in [0.4, 0.5) is 5.69 Å². The summed E-state index contributed by atoms with van der Waals surface area (Å²) in [6.45, 7) is -0.142. The summed E-state index contributed by atoms with van der Waals surface area (Å²) in [4.78, 5) is 34.8. The van der Waals surface area contributed by atoms with Crippen molar-refractivity contribution < 1.29 is 4.79 Å². The first kappa shape index (κ1) is 20.2. The molecule has 5 rings (SSSR count). The number of nitrogens with one attached hydrogen (secondary N) is 1. The third kappa shape index (κ3) is 4.18. The minimum Gasteiger partial charge on any atom is -0.325 e. The molecule has 0 aliphatic carbocycles. The lowest BCUT2D eigenvalue weighted by Gasteiger charge is -2.09. The molecular formula is C23H16ClN5O2S. The van der Waals surface area contributed by atoms with Gasteiger partial charge < -0.3 is 5.32 Å². The molecule has 158 valence electrons. The summed E-state index contributed by atoms with van der Waals surface area (Å²) in [5, 5.41) is 5.42. The smallest absolute Gasteiger partial charge is 0.254 e. The van der Waals surface area contributed by atoms with Gasteiger partial charge in [-0.05, 0) is 24.3 Å². The Kier molecular flexibility index (Phi) is 5.30. The van der Waals surface area contributed by atoms with E-state index in [1.54, 1.807) is 41.7 Å². The van der Waals surface area contributed by atoms with E-state index >= 15 is 0 Å². The summed E-state index contributed by atoms with van der Waals surface area (Å²) in [6.07, 6.45) is 5.27. The average molecular weight is 462 g/mol. The lowest BCUT2D eigenvalue weighted by molar-refractivity contribution is -0.116. The first-order valence-electron chi connectivity index (χ1n) is 9.70. The van der Waals surface area contributed by atoms with Crippen molar-refractivity contribution in [3.05, 3.63) is 94.1 Å². The van der Waals surface area contributed by atoms with E-state index < -0.39 is 0 Å². The van der Waals surface area contributed by atoms with Gasteiger partial charge in [0.05, 0.1) is 17.7 Å². The van der Waals surface area contributed by atoms with E-state index in [0.717, 1.165) is 21.8 Å².